The summed E-state index contributed by atoms with van der Waals surface area (Å²) in [5, 5.41) is 0. The molecular weight excluding hydrogens is 364 g/mol. The molecule has 2 amide bonds. The fourth-order valence-electron chi connectivity index (χ4n) is 3.40. The first-order valence-electron chi connectivity index (χ1n) is 9.22. The van der Waals surface area contributed by atoms with E-state index >= 15 is 0 Å². The summed E-state index contributed by atoms with van der Waals surface area (Å²) in [6.07, 6.45) is 0. The van der Waals surface area contributed by atoms with Gasteiger partial charge in [-0.05, 0) is 17.7 Å². The van der Waals surface area contributed by atoms with Gasteiger partial charge < -0.3 is 15.5 Å². The van der Waals surface area contributed by atoms with E-state index in [4.69, 9.17) is 5.73 Å². The molecule has 2 aromatic carbocycles. The molecule has 0 spiro atoms. The minimum Gasteiger partial charge on any atom is -0.339 e. The van der Waals surface area contributed by atoms with Gasteiger partial charge in [0.2, 0.25) is 5.91 Å². The fraction of sp³-hybridized carbons (Fsp3) is 0.333. The standard InChI is InChI=1S/C21H23F2N3O2/c1-14(19(24)15-6-3-2-4-7-15)20(27)25-10-12-26(13-11-25)21(28)18-16(22)8-5-9-17(18)23/h2-9,14,19H,10-13,24H2,1H3. The van der Waals surface area contributed by atoms with Gasteiger partial charge in [0.05, 0.1) is 5.92 Å². The number of nitrogens with zero attached hydrogens (tertiary/aromatic N) is 2. The van der Waals surface area contributed by atoms with Gasteiger partial charge in [-0.25, -0.2) is 8.78 Å². The van der Waals surface area contributed by atoms with Crippen LogP contribution in [0.3, 0.4) is 0 Å². The van der Waals surface area contributed by atoms with E-state index in [0.717, 1.165) is 17.7 Å². The molecule has 2 N–H and O–H groups in total. The lowest BCUT2D eigenvalue weighted by atomic mass is 9.94. The van der Waals surface area contributed by atoms with Crippen molar-refractivity contribution in [2.75, 3.05) is 26.2 Å². The summed E-state index contributed by atoms with van der Waals surface area (Å²) in [6, 6.07) is 12.3. The molecule has 148 valence electrons. The summed E-state index contributed by atoms with van der Waals surface area (Å²) in [7, 11) is 0. The van der Waals surface area contributed by atoms with E-state index in [1.165, 1.54) is 11.0 Å². The van der Waals surface area contributed by atoms with Crippen LogP contribution in [0.4, 0.5) is 8.78 Å². The van der Waals surface area contributed by atoms with Crippen molar-refractivity contribution in [1.82, 2.24) is 9.80 Å². The first-order chi connectivity index (χ1) is 13.4. The predicted octanol–water partition coefficient (Wildman–Crippen LogP) is 2.59. The van der Waals surface area contributed by atoms with E-state index in [-0.39, 0.29) is 19.0 Å². The summed E-state index contributed by atoms with van der Waals surface area (Å²) in [5.74, 6) is -2.98. The minimum absolute atomic E-state index is 0.0967. The number of amides is 2. The van der Waals surface area contributed by atoms with E-state index in [9.17, 15) is 18.4 Å². The smallest absolute Gasteiger partial charge is 0.259 e. The molecule has 2 atom stereocenters. The highest BCUT2D eigenvalue weighted by Crippen LogP contribution is 2.22. The maximum absolute atomic E-state index is 13.9. The van der Waals surface area contributed by atoms with Crippen LogP contribution in [0, 0.1) is 17.6 Å². The molecule has 3 rings (SSSR count). The van der Waals surface area contributed by atoms with Crippen LogP contribution >= 0.6 is 0 Å². The molecule has 1 saturated heterocycles. The molecule has 0 saturated carbocycles. The Kier molecular flexibility index (Phi) is 6.04. The molecule has 1 fully saturated rings. The van der Waals surface area contributed by atoms with Gasteiger partial charge in [-0.3, -0.25) is 9.59 Å². The minimum atomic E-state index is -0.883. The Morgan fingerprint density at radius 3 is 2.00 bits per heavy atom. The molecule has 1 aliphatic heterocycles. The van der Waals surface area contributed by atoms with Crippen molar-refractivity contribution in [3.63, 3.8) is 0 Å². The second-order valence-electron chi connectivity index (χ2n) is 6.94. The Morgan fingerprint density at radius 1 is 0.893 bits per heavy atom. The number of piperazine rings is 1. The fourth-order valence-corrected chi connectivity index (χ4v) is 3.40. The molecule has 0 aliphatic carbocycles. The molecule has 1 aliphatic rings. The van der Waals surface area contributed by atoms with Crippen LogP contribution in [-0.2, 0) is 4.79 Å². The number of halogens is 2. The Morgan fingerprint density at radius 2 is 1.43 bits per heavy atom. The zero-order chi connectivity index (χ0) is 20.3. The highest BCUT2D eigenvalue weighted by atomic mass is 19.1. The van der Waals surface area contributed by atoms with Gasteiger partial charge >= 0.3 is 0 Å². The number of carbonyl (C=O) groups excluding carboxylic acids is 2. The molecule has 0 aromatic heterocycles. The normalized spacial score (nSPS) is 16.6. The zero-order valence-electron chi connectivity index (χ0n) is 15.6. The van der Waals surface area contributed by atoms with Crippen LogP contribution in [0.1, 0.15) is 28.9 Å². The van der Waals surface area contributed by atoms with Gasteiger partial charge in [-0.2, -0.15) is 0 Å². The monoisotopic (exact) mass is 387 g/mol. The van der Waals surface area contributed by atoms with Crippen LogP contribution in [0.25, 0.3) is 0 Å². The van der Waals surface area contributed by atoms with Gasteiger partial charge in [0, 0.05) is 32.2 Å². The van der Waals surface area contributed by atoms with Crippen molar-refractivity contribution >= 4 is 11.8 Å². The lowest BCUT2D eigenvalue weighted by molar-refractivity contribution is -0.137. The van der Waals surface area contributed by atoms with Crippen LogP contribution in [0.5, 0.6) is 0 Å². The average Bonchev–Trinajstić information content (AvgIpc) is 2.72. The van der Waals surface area contributed by atoms with Gasteiger partial charge in [0.1, 0.15) is 17.2 Å². The maximum Gasteiger partial charge on any atom is 0.259 e. The quantitative estimate of drug-likeness (QED) is 0.877. The second kappa shape index (κ2) is 8.48. The number of hydrogen-bond acceptors (Lipinski definition) is 3. The molecule has 28 heavy (non-hydrogen) atoms. The van der Waals surface area contributed by atoms with Gasteiger partial charge in [0.15, 0.2) is 0 Å². The Labute approximate surface area is 162 Å². The Hall–Kier alpha value is -2.80. The summed E-state index contributed by atoms with van der Waals surface area (Å²) < 4.78 is 27.7. The van der Waals surface area contributed by atoms with E-state index in [2.05, 4.69) is 0 Å². The summed E-state index contributed by atoms with van der Waals surface area (Å²) in [4.78, 5) is 28.3. The molecule has 2 unspecified atom stereocenters. The van der Waals surface area contributed by atoms with Crippen LogP contribution < -0.4 is 5.73 Å². The van der Waals surface area contributed by atoms with Gasteiger partial charge in [0.25, 0.3) is 5.91 Å². The maximum atomic E-state index is 13.9. The lowest BCUT2D eigenvalue weighted by Crippen LogP contribution is -2.52. The number of hydrogen-bond donors (Lipinski definition) is 1. The Bertz CT molecular complexity index is 832. The van der Waals surface area contributed by atoms with Gasteiger partial charge in [-0.1, -0.05) is 43.3 Å². The van der Waals surface area contributed by atoms with Crippen LogP contribution in [0.2, 0.25) is 0 Å². The van der Waals surface area contributed by atoms with Crippen molar-refractivity contribution in [3.8, 4) is 0 Å². The van der Waals surface area contributed by atoms with Crippen LogP contribution in [0.15, 0.2) is 48.5 Å². The number of rotatable bonds is 4. The van der Waals surface area contributed by atoms with Crippen molar-refractivity contribution in [2.24, 2.45) is 11.7 Å². The SMILES string of the molecule is CC(C(=O)N1CCN(C(=O)c2c(F)cccc2F)CC1)C(N)c1ccccc1. The summed E-state index contributed by atoms with van der Waals surface area (Å²) in [6.45, 7) is 2.81. The lowest BCUT2D eigenvalue weighted by Gasteiger charge is -2.37. The molecule has 0 radical (unpaired) electrons. The van der Waals surface area contributed by atoms with E-state index in [0.29, 0.717) is 13.1 Å². The Balaban J connectivity index is 1.62. The van der Waals surface area contributed by atoms with Crippen molar-refractivity contribution < 1.29 is 18.4 Å². The van der Waals surface area contributed by atoms with E-state index < -0.39 is 35.1 Å². The molecule has 7 heteroatoms. The topological polar surface area (TPSA) is 66.6 Å². The van der Waals surface area contributed by atoms with Crippen molar-refractivity contribution in [1.29, 1.82) is 0 Å². The average molecular weight is 387 g/mol. The first-order valence-corrected chi connectivity index (χ1v) is 9.22. The third kappa shape index (κ3) is 4.04. The molecule has 5 nitrogen and oxygen atoms in total. The highest BCUT2D eigenvalue weighted by molar-refractivity contribution is 5.95. The first kappa shape index (κ1) is 19.9. The predicted molar refractivity (Wildman–Crippen MR) is 101 cm³/mol. The highest BCUT2D eigenvalue weighted by Gasteiger charge is 2.31. The number of benzene rings is 2. The molecule has 2 aromatic rings. The molecule has 0 bridgehead atoms. The third-order valence-electron chi connectivity index (χ3n) is 5.17. The second-order valence-corrected chi connectivity index (χ2v) is 6.94. The molecule has 1 heterocycles. The summed E-state index contributed by atoms with van der Waals surface area (Å²) in [5.41, 5.74) is 6.56. The van der Waals surface area contributed by atoms with Crippen molar-refractivity contribution in [2.45, 2.75) is 13.0 Å². The van der Waals surface area contributed by atoms with Crippen LogP contribution in [-0.4, -0.2) is 47.8 Å². The van der Waals surface area contributed by atoms with Crippen molar-refractivity contribution in [3.05, 3.63) is 71.3 Å². The van der Waals surface area contributed by atoms with E-state index in [1.54, 1.807) is 11.8 Å². The summed E-state index contributed by atoms with van der Waals surface area (Å²) >= 11 is 0. The number of carbonyl (C=O) groups is 2. The third-order valence-corrected chi connectivity index (χ3v) is 5.17. The zero-order valence-corrected chi connectivity index (χ0v) is 15.6. The van der Waals surface area contributed by atoms with E-state index in [1.807, 2.05) is 30.3 Å². The largest absolute Gasteiger partial charge is 0.339 e. The molecular formula is C21H23F2N3O2. The number of nitrogens with two attached hydrogens (primary N) is 1. The van der Waals surface area contributed by atoms with Gasteiger partial charge in [-0.15, -0.1) is 0 Å².